The molecule has 5 heteroatoms. The van der Waals surface area contributed by atoms with Gasteiger partial charge in [0.25, 0.3) is 5.88 Å². The molecule has 0 aliphatic rings. The standard InChI is InChI=1S/C8H12N4O/c1-6(2)13-8-7(10)5-12(11-8)4-3-9/h5-6H,4,10H2,1-2H3. The first kappa shape index (κ1) is 9.39. The van der Waals surface area contributed by atoms with Crippen LogP contribution in [0.1, 0.15) is 13.8 Å². The highest BCUT2D eigenvalue weighted by Gasteiger charge is 2.07. The van der Waals surface area contributed by atoms with Crippen LogP contribution in [0.4, 0.5) is 5.69 Å². The Hall–Kier alpha value is -1.70. The maximum absolute atomic E-state index is 8.41. The summed E-state index contributed by atoms with van der Waals surface area (Å²) in [7, 11) is 0. The maximum atomic E-state index is 8.41. The normalized spacial score (nSPS) is 10.0. The van der Waals surface area contributed by atoms with E-state index in [4.69, 9.17) is 15.7 Å². The topological polar surface area (TPSA) is 76.9 Å². The predicted molar refractivity (Wildman–Crippen MR) is 48.0 cm³/mol. The van der Waals surface area contributed by atoms with E-state index < -0.39 is 0 Å². The SMILES string of the molecule is CC(C)Oc1nn(CC#N)cc1N. The minimum Gasteiger partial charge on any atom is -0.472 e. The van der Waals surface area contributed by atoms with Crippen LogP contribution in [-0.4, -0.2) is 15.9 Å². The van der Waals surface area contributed by atoms with E-state index in [2.05, 4.69) is 5.10 Å². The van der Waals surface area contributed by atoms with Crippen molar-refractivity contribution in [3.05, 3.63) is 6.20 Å². The fraction of sp³-hybridized carbons (Fsp3) is 0.500. The maximum Gasteiger partial charge on any atom is 0.256 e. The van der Waals surface area contributed by atoms with Gasteiger partial charge in [-0.05, 0) is 13.8 Å². The highest BCUT2D eigenvalue weighted by Crippen LogP contribution is 2.18. The van der Waals surface area contributed by atoms with E-state index >= 15 is 0 Å². The van der Waals surface area contributed by atoms with E-state index in [1.54, 1.807) is 6.20 Å². The molecular weight excluding hydrogens is 168 g/mol. The van der Waals surface area contributed by atoms with Gasteiger partial charge in [-0.3, -0.25) is 4.68 Å². The van der Waals surface area contributed by atoms with Gasteiger partial charge in [-0.2, -0.15) is 5.26 Å². The predicted octanol–water partition coefficient (Wildman–Crippen LogP) is 0.776. The number of hydrogen-bond acceptors (Lipinski definition) is 4. The second-order valence-electron chi connectivity index (χ2n) is 2.91. The minimum absolute atomic E-state index is 0.0349. The van der Waals surface area contributed by atoms with Crippen molar-refractivity contribution < 1.29 is 4.74 Å². The Balaban J connectivity index is 2.78. The lowest BCUT2D eigenvalue weighted by atomic mass is 10.5. The van der Waals surface area contributed by atoms with Crippen LogP contribution in [0.3, 0.4) is 0 Å². The van der Waals surface area contributed by atoms with Gasteiger partial charge in [0.15, 0.2) is 0 Å². The van der Waals surface area contributed by atoms with Crippen LogP contribution in [0.15, 0.2) is 6.20 Å². The number of ether oxygens (including phenoxy) is 1. The monoisotopic (exact) mass is 180 g/mol. The molecule has 5 nitrogen and oxygen atoms in total. The molecule has 1 aromatic heterocycles. The van der Waals surface area contributed by atoms with Gasteiger partial charge in [0, 0.05) is 0 Å². The third-order valence-electron chi connectivity index (χ3n) is 1.33. The van der Waals surface area contributed by atoms with Gasteiger partial charge in [-0.15, -0.1) is 5.10 Å². The smallest absolute Gasteiger partial charge is 0.256 e. The van der Waals surface area contributed by atoms with Crippen molar-refractivity contribution in [3.63, 3.8) is 0 Å². The van der Waals surface area contributed by atoms with Crippen molar-refractivity contribution in [1.82, 2.24) is 9.78 Å². The second-order valence-corrected chi connectivity index (χ2v) is 2.91. The van der Waals surface area contributed by atoms with Crippen LogP contribution in [-0.2, 0) is 6.54 Å². The van der Waals surface area contributed by atoms with Crippen molar-refractivity contribution in [3.8, 4) is 11.9 Å². The van der Waals surface area contributed by atoms with Gasteiger partial charge in [-0.25, -0.2) is 0 Å². The molecule has 13 heavy (non-hydrogen) atoms. The first-order chi connectivity index (χ1) is 6.13. The molecule has 1 heterocycles. The highest BCUT2D eigenvalue weighted by atomic mass is 16.5. The molecule has 0 aromatic carbocycles. The van der Waals surface area contributed by atoms with Crippen molar-refractivity contribution in [2.24, 2.45) is 0 Å². The van der Waals surface area contributed by atoms with Gasteiger partial charge < -0.3 is 10.5 Å². The molecule has 0 fully saturated rings. The molecular formula is C8H12N4O. The Bertz CT molecular complexity index is 323. The Labute approximate surface area is 76.7 Å². The summed E-state index contributed by atoms with van der Waals surface area (Å²) in [6.07, 6.45) is 1.62. The molecule has 0 aliphatic heterocycles. The molecule has 0 atom stereocenters. The molecule has 0 bridgehead atoms. The van der Waals surface area contributed by atoms with Gasteiger partial charge in [0.1, 0.15) is 12.2 Å². The lowest BCUT2D eigenvalue weighted by Crippen LogP contribution is -2.07. The first-order valence-corrected chi connectivity index (χ1v) is 4.00. The second kappa shape index (κ2) is 3.81. The average molecular weight is 180 g/mol. The summed E-state index contributed by atoms with van der Waals surface area (Å²) in [5.74, 6) is 0.394. The van der Waals surface area contributed by atoms with Gasteiger partial charge in [0.05, 0.1) is 18.4 Å². The number of aromatic nitrogens is 2. The van der Waals surface area contributed by atoms with Crippen molar-refractivity contribution in [2.45, 2.75) is 26.5 Å². The van der Waals surface area contributed by atoms with Crippen molar-refractivity contribution in [2.75, 3.05) is 5.73 Å². The average Bonchev–Trinajstić information content (AvgIpc) is 2.31. The van der Waals surface area contributed by atoms with Crippen LogP contribution in [0, 0.1) is 11.3 Å². The molecule has 0 amide bonds. The van der Waals surface area contributed by atoms with E-state index in [-0.39, 0.29) is 12.6 Å². The van der Waals surface area contributed by atoms with Crippen molar-refractivity contribution in [1.29, 1.82) is 5.26 Å². The van der Waals surface area contributed by atoms with Crippen LogP contribution in [0.5, 0.6) is 5.88 Å². The van der Waals surface area contributed by atoms with E-state index in [0.717, 1.165) is 0 Å². The first-order valence-electron chi connectivity index (χ1n) is 4.00. The quantitative estimate of drug-likeness (QED) is 0.745. The summed E-state index contributed by atoms with van der Waals surface area (Å²) in [6, 6.07) is 1.97. The lowest BCUT2D eigenvalue weighted by Gasteiger charge is -2.05. The summed E-state index contributed by atoms with van der Waals surface area (Å²) >= 11 is 0. The number of nitrogens with zero attached hydrogens (tertiary/aromatic N) is 3. The largest absolute Gasteiger partial charge is 0.472 e. The third-order valence-corrected chi connectivity index (χ3v) is 1.33. The molecule has 0 saturated heterocycles. The Morgan fingerprint density at radius 2 is 2.46 bits per heavy atom. The number of nitriles is 1. The number of rotatable bonds is 3. The minimum atomic E-state index is 0.0349. The summed E-state index contributed by atoms with van der Waals surface area (Å²) in [4.78, 5) is 0. The fourth-order valence-electron chi connectivity index (χ4n) is 0.887. The summed E-state index contributed by atoms with van der Waals surface area (Å²) in [5.41, 5.74) is 6.06. The number of nitrogens with two attached hydrogens (primary N) is 1. The van der Waals surface area contributed by atoms with E-state index in [0.29, 0.717) is 11.6 Å². The summed E-state index contributed by atoms with van der Waals surface area (Å²) < 4.78 is 6.76. The molecule has 0 spiro atoms. The van der Waals surface area contributed by atoms with Gasteiger partial charge >= 0.3 is 0 Å². The van der Waals surface area contributed by atoms with Crippen LogP contribution in [0.25, 0.3) is 0 Å². The van der Waals surface area contributed by atoms with E-state index in [9.17, 15) is 0 Å². The molecule has 0 unspecified atom stereocenters. The van der Waals surface area contributed by atoms with Crippen molar-refractivity contribution >= 4 is 5.69 Å². The van der Waals surface area contributed by atoms with E-state index in [1.165, 1.54) is 4.68 Å². The zero-order valence-corrected chi connectivity index (χ0v) is 7.69. The number of nitrogen functional groups attached to an aromatic ring is 1. The fourth-order valence-corrected chi connectivity index (χ4v) is 0.887. The zero-order valence-electron chi connectivity index (χ0n) is 7.69. The molecule has 0 radical (unpaired) electrons. The Morgan fingerprint density at radius 3 is 3.00 bits per heavy atom. The molecule has 70 valence electrons. The van der Waals surface area contributed by atoms with Crippen LogP contribution in [0.2, 0.25) is 0 Å². The lowest BCUT2D eigenvalue weighted by molar-refractivity contribution is 0.231. The third kappa shape index (κ3) is 2.37. The summed E-state index contributed by atoms with van der Waals surface area (Å²) in [5, 5.41) is 12.4. The van der Waals surface area contributed by atoms with E-state index in [1.807, 2.05) is 19.9 Å². The summed E-state index contributed by atoms with van der Waals surface area (Å²) in [6.45, 7) is 3.97. The van der Waals surface area contributed by atoms with Gasteiger partial charge in [0.2, 0.25) is 0 Å². The number of hydrogen-bond donors (Lipinski definition) is 1. The molecule has 2 N–H and O–H groups in total. The zero-order chi connectivity index (χ0) is 9.84. The van der Waals surface area contributed by atoms with Crippen LogP contribution >= 0.6 is 0 Å². The number of anilines is 1. The molecule has 0 aliphatic carbocycles. The molecule has 1 aromatic rings. The van der Waals surface area contributed by atoms with Gasteiger partial charge in [-0.1, -0.05) is 0 Å². The Kier molecular flexibility index (Phi) is 2.75. The van der Waals surface area contributed by atoms with Crippen LogP contribution < -0.4 is 10.5 Å². The molecule has 1 rings (SSSR count). The highest BCUT2D eigenvalue weighted by molar-refractivity contribution is 5.45. The Morgan fingerprint density at radius 1 is 1.77 bits per heavy atom. The molecule has 0 saturated carbocycles.